The molecule has 2 aliphatic rings. The minimum absolute atomic E-state index is 0.0528. The number of rotatable bonds is 4. The van der Waals surface area contributed by atoms with Gasteiger partial charge in [0.05, 0.1) is 31.0 Å². The number of aliphatic hydroxyl groups is 1. The van der Waals surface area contributed by atoms with Gasteiger partial charge in [0.25, 0.3) is 0 Å². The van der Waals surface area contributed by atoms with Gasteiger partial charge in [0.1, 0.15) is 5.75 Å². The Kier molecular flexibility index (Phi) is 5.17. The molecule has 3 heterocycles. The highest BCUT2D eigenvalue weighted by Gasteiger charge is 2.48. The maximum Gasteiger partial charge on any atom is 0.213 e. The monoisotopic (exact) mass is 421 g/mol. The summed E-state index contributed by atoms with van der Waals surface area (Å²) in [4.78, 5) is 2.22. The number of sulfonamides is 1. The first kappa shape index (κ1) is 20.7. The number of benzene rings is 1. The summed E-state index contributed by atoms with van der Waals surface area (Å²) in [5.74, 6) is 0.952. The zero-order chi connectivity index (χ0) is 21.0. The lowest BCUT2D eigenvalue weighted by atomic mass is 9.68. The minimum Gasteiger partial charge on any atom is -0.497 e. The fraction of sp³-hybridized carbons (Fsp3) is 0.619. The number of aromatic nitrogens is 1. The lowest BCUT2D eigenvalue weighted by Gasteiger charge is -2.49. The second-order valence-electron chi connectivity index (χ2n) is 8.40. The van der Waals surface area contributed by atoms with E-state index in [0.717, 1.165) is 36.3 Å². The molecule has 1 aromatic carbocycles. The molecule has 1 atom stereocenters. The third-order valence-corrected chi connectivity index (χ3v) is 8.88. The van der Waals surface area contributed by atoms with Crippen molar-refractivity contribution < 1.29 is 18.3 Å². The van der Waals surface area contributed by atoms with E-state index in [2.05, 4.69) is 22.6 Å². The van der Waals surface area contributed by atoms with Gasteiger partial charge in [-0.3, -0.25) is 4.90 Å². The summed E-state index contributed by atoms with van der Waals surface area (Å²) in [5.41, 5.74) is 3.38. The van der Waals surface area contributed by atoms with Gasteiger partial charge in [-0.15, -0.1) is 0 Å². The molecule has 0 radical (unpaired) electrons. The maximum absolute atomic E-state index is 12.4. The SMILES string of the molecule is CCS(=O)(=O)N1CCC2(CC1)CN(C)[C@@H](CO)c1c2c2ccc(OC)cc2n1C. The van der Waals surface area contributed by atoms with Gasteiger partial charge >= 0.3 is 0 Å². The summed E-state index contributed by atoms with van der Waals surface area (Å²) in [7, 11) is 2.60. The number of hydrogen-bond acceptors (Lipinski definition) is 5. The van der Waals surface area contributed by atoms with E-state index in [1.54, 1.807) is 18.3 Å². The summed E-state index contributed by atoms with van der Waals surface area (Å²) in [5, 5.41) is 11.3. The van der Waals surface area contributed by atoms with Crippen molar-refractivity contribution in [1.29, 1.82) is 0 Å². The Labute approximate surface area is 172 Å². The average Bonchev–Trinajstić information content (AvgIpc) is 3.01. The molecule has 0 unspecified atom stereocenters. The van der Waals surface area contributed by atoms with Crippen molar-refractivity contribution in [3.8, 4) is 5.75 Å². The first-order valence-electron chi connectivity index (χ1n) is 10.2. The number of likely N-dealkylation sites (N-methyl/N-ethyl adjacent to an activating group) is 1. The van der Waals surface area contributed by atoms with E-state index in [4.69, 9.17) is 4.74 Å². The van der Waals surface area contributed by atoms with Crippen LogP contribution in [0.5, 0.6) is 5.75 Å². The van der Waals surface area contributed by atoms with E-state index in [-0.39, 0.29) is 23.8 Å². The van der Waals surface area contributed by atoms with Crippen LogP contribution in [0.3, 0.4) is 0 Å². The number of aliphatic hydroxyl groups excluding tert-OH is 1. The molecule has 8 heteroatoms. The summed E-state index contributed by atoms with van der Waals surface area (Å²) in [6, 6.07) is 6.08. The molecule has 1 aromatic heterocycles. The van der Waals surface area contributed by atoms with E-state index in [1.165, 1.54) is 10.9 Å². The number of nitrogens with zero attached hydrogens (tertiary/aromatic N) is 3. The summed E-state index contributed by atoms with van der Waals surface area (Å²) < 4.78 is 34.0. The quantitative estimate of drug-likeness (QED) is 0.816. The molecule has 0 bridgehead atoms. The van der Waals surface area contributed by atoms with Gasteiger partial charge in [-0.2, -0.15) is 0 Å². The first-order chi connectivity index (χ1) is 13.8. The van der Waals surface area contributed by atoms with Crippen molar-refractivity contribution in [3.63, 3.8) is 0 Å². The summed E-state index contributed by atoms with van der Waals surface area (Å²) >= 11 is 0. The molecule has 4 rings (SSSR count). The van der Waals surface area contributed by atoms with Crippen molar-refractivity contribution in [1.82, 2.24) is 13.8 Å². The van der Waals surface area contributed by atoms with Crippen LogP contribution >= 0.6 is 0 Å². The normalized spacial score (nSPS) is 22.9. The van der Waals surface area contributed by atoms with Gasteiger partial charge in [0.2, 0.25) is 10.0 Å². The lowest BCUT2D eigenvalue weighted by Crippen LogP contribution is -2.54. The third kappa shape index (κ3) is 3.08. The van der Waals surface area contributed by atoms with E-state index in [0.29, 0.717) is 13.1 Å². The maximum atomic E-state index is 12.4. The number of fused-ring (bicyclic) bond motifs is 4. The van der Waals surface area contributed by atoms with Gasteiger partial charge in [0.15, 0.2) is 0 Å². The molecule has 2 aliphatic heterocycles. The smallest absolute Gasteiger partial charge is 0.213 e. The van der Waals surface area contributed by atoms with Crippen LogP contribution in [-0.2, 0) is 22.5 Å². The second kappa shape index (κ2) is 7.27. The minimum atomic E-state index is -3.17. The van der Waals surface area contributed by atoms with Crippen LogP contribution in [-0.4, -0.2) is 73.4 Å². The standard InChI is InChI=1S/C21H31N3O4S/c1-5-29(26,27)24-10-8-21(9-11-24)14-22(2)18(13-25)20-19(21)16-7-6-15(28-4)12-17(16)23(20)3/h6-7,12,18,25H,5,8-11,13-14H2,1-4H3/t18-/m0/s1. The van der Waals surface area contributed by atoms with Crippen molar-refractivity contribution in [2.75, 3.05) is 46.2 Å². The van der Waals surface area contributed by atoms with Gasteiger partial charge in [-0.1, -0.05) is 0 Å². The van der Waals surface area contributed by atoms with Crippen LogP contribution in [0, 0.1) is 0 Å². The number of hydrogen-bond donors (Lipinski definition) is 1. The molecule has 2 aromatic rings. The summed E-state index contributed by atoms with van der Waals surface area (Å²) in [6.45, 7) is 3.66. The predicted octanol–water partition coefficient (Wildman–Crippen LogP) is 1.85. The van der Waals surface area contributed by atoms with Crippen LogP contribution in [0.1, 0.15) is 37.1 Å². The van der Waals surface area contributed by atoms with Crippen LogP contribution in [0.4, 0.5) is 0 Å². The Morgan fingerprint density at radius 3 is 2.52 bits per heavy atom. The molecule has 1 spiro atoms. The molecule has 0 amide bonds. The molecule has 1 N–H and O–H groups in total. The van der Waals surface area contributed by atoms with E-state index in [9.17, 15) is 13.5 Å². The highest BCUT2D eigenvalue weighted by Crippen LogP contribution is 2.49. The van der Waals surface area contributed by atoms with Gasteiger partial charge in [-0.25, -0.2) is 12.7 Å². The van der Waals surface area contributed by atoms with E-state index < -0.39 is 10.0 Å². The third-order valence-electron chi connectivity index (χ3n) is 6.99. The highest BCUT2D eigenvalue weighted by molar-refractivity contribution is 7.89. The molecule has 160 valence electrons. The molecular weight excluding hydrogens is 390 g/mol. The number of piperidine rings is 1. The fourth-order valence-corrected chi connectivity index (χ4v) is 6.50. The zero-order valence-corrected chi connectivity index (χ0v) is 18.5. The molecule has 29 heavy (non-hydrogen) atoms. The molecule has 7 nitrogen and oxygen atoms in total. The van der Waals surface area contributed by atoms with Crippen molar-refractivity contribution in [2.24, 2.45) is 7.05 Å². The molecule has 0 aliphatic carbocycles. The van der Waals surface area contributed by atoms with Gasteiger partial charge < -0.3 is 14.4 Å². The van der Waals surface area contributed by atoms with Crippen LogP contribution < -0.4 is 4.74 Å². The number of methoxy groups -OCH3 is 1. The molecule has 0 saturated carbocycles. The van der Waals surface area contributed by atoms with E-state index in [1.807, 2.05) is 19.2 Å². The molecular formula is C21H31N3O4S. The Bertz CT molecular complexity index is 1020. The molecule has 1 fully saturated rings. The van der Waals surface area contributed by atoms with Gasteiger partial charge in [-0.05, 0) is 44.5 Å². The number of aryl methyl sites for hydroxylation is 1. The Morgan fingerprint density at radius 1 is 1.24 bits per heavy atom. The van der Waals surface area contributed by atoms with Crippen LogP contribution in [0.25, 0.3) is 10.9 Å². The van der Waals surface area contributed by atoms with E-state index >= 15 is 0 Å². The zero-order valence-electron chi connectivity index (χ0n) is 17.7. The lowest BCUT2D eigenvalue weighted by molar-refractivity contribution is 0.0775. The fourth-order valence-electron chi connectivity index (χ4n) is 5.39. The Balaban J connectivity index is 1.86. The second-order valence-corrected chi connectivity index (χ2v) is 10.7. The van der Waals surface area contributed by atoms with Crippen LogP contribution in [0.15, 0.2) is 18.2 Å². The predicted molar refractivity (Wildman–Crippen MR) is 114 cm³/mol. The largest absolute Gasteiger partial charge is 0.497 e. The van der Waals surface area contributed by atoms with Crippen molar-refractivity contribution in [3.05, 3.63) is 29.5 Å². The first-order valence-corrected chi connectivity index (χ1v) is 11.8. The topological polar surface area (TPSA) is 75.0 Å². The van der Waals surface area contributed by atoms with Crippen molar-refractivity contribution >= 4 is 20.9 Å². The molecule has 1 saturated heterocycles. The summed E-state index contributed by atoms with van der Waals surface area (Å²) in [6.07, 6.45) is 1.57. The number of ether oxygens (including phenoxy) is 1. The Hall–Kier alpha value is -1.61. The van der Waals surface area contributed by atoms with Gasteiger partial charge in [0, 0.05) is 49.2 Å². The van der Waals surface area contributed by atoms with Crippen LogP contribution in [0.2, 0.25) is 0 Å². The highest BCUT2D eigenvalue weighted by atomic mass is 32.2. The van der Waals surface area contributed by atoms with Crippen molar-refractivity contribution in [2.45, 2.75) is 31.2 Å². The average molecular weight is 422 g/mol. The Morgan fingerprint density at radius 2 is 1.93 bits per heavy atom.